The number of nitrogens with zero attached hydrogens (tertiary/aromatic N) is 3. The summed E-state index contributed by atoms with van der Waals surface area (Å²) in [6.07, 6.45) is 6.92. The number of halogens is 1. The van der Waals surface area contributed by atoms with Crippen molar-refractivity contribution >= 4 is 17.0 Å². The Morgan fingerprint density at radius 3 is 2.52 bits per heavy atom. The second-order valence-electron chi connectivity index (χ2n) is 5.96. The molecule has 1 fully saturated rings. The highest BCUT2D eigenvalue weighted by molar-refractivity contribution is 5.71. The van der Waals surface area contributed by atoms with E-state index in [0.29, 0.717) is 11.6 Å². The lowest BCUT2D eigenvalue weighted by Gasteiger charge is -2.35. The third-order valence-corrected chi connectivity index (χ3v) is 4.49. The second kappa shape index (κ2) is 5.91. The Bertz CT molecular complexity index is 815. The molecule has 5 heteroatoms. The Hall–Kier alpha value is -2.56. The average molecular weight is 308 g/mol. The van der Waals surface area contributed by atoms with Gasteiger partial charge in [-0.15, -0.1) is 0 Å². The minimum atomic E-state index is -0.208. The van der Waals surface area contributed by atoms with E-state index < -0.39 is 0 Å². The molecule has 0 saturated heterocycles. The van der Waals surface area contributed by atoms with Gasteiger partial charge in [0.2, 0.25) is 0 Å². The molecular weight excluding hydrogens is 291 g/mol. The summed E-state index contributed by atoms with van der Waals surface area (Å²) in [7, 11) is 0. The molecule has 3 aromatic rings. The van der Waals surface area contributed by atoms with Gasteiger partial charge in [0.1, 0.15) is 17.2 Å². The monoisotopic (exact) mass is 308 g/mol. The van der Waals surface area contributed by atoms with Gasteiger partial charge in [-0.2, -0.15) is 0 Å². The highest BCUT2D eigenvalue weighted by Crippen LogP contribution is 2.39. The Morgan fingerprint density at radius 1 is 1.00 bits per heavy atom. The molecule has 0 amide bonds. The maximum absolute atomic E-state index is 13.2. The number of nitrogens with one attached hydrogen (secondary N) is 1. The molecular formula is C18H17FN4. The van der Waals surface area contributed by atoms with E-state index in [1.807, 2.05) is 24.3 Å². The number of hydrogen-bond acceptors (Lipinski definition) is 4. The van der Waals surface area contributed by atoms with Gasteiger partial charge >= 0.3 is 0 Å². The molecule has 2 heterocycles. The predicted molar refractivity (Wildman–Crippen MR) is 87.4 cm³/mol. The summed E-state index contributed by atoms with van der Waals surface area (Å²) in [5.74, 6) is 1.12. The van der Waals surface area contributed by atoms with Gasteiger partial charge in [0.05, 0.1) is 6.04 Å². The van der Waals surface area contributed by atoms with Gasteiger partial charge in [0.25, 0.3) is 0 Å². The molecule has 4 nitrogen and oxygen atoms in total. The zero-order valence-corrected chi connectivity index (χ0v) is 12.6. The minimum Gasteiger partial charge on any atom is -0.363 e. The topological polar surface area (TPSA) is 50.7 Å². The lowest BCUT2D eigenvalue weighted by Crippen LogP contribution is -2.26. The van der Waals surface area contributed by atoms with Crippen LogP contribution in [0.5, 0.6) is 0 Å². The maximum atomic E-state index is 13.2. The summed E-state index contributed by atoms with van der Waals surface area (Å²) in [6, 6.07) is 10.7. The maximum Gasteiger partial charge on any atom is 0.180 e. The van der Waals surface area contributed by atoms with Gasteiger partial charge in [-0.05, 0) is 48.6 Å². The molecule has 0 bridgehead atoms. The van der Waals surface area contributed by atoms with Crippen LogP contribution in [-0.4, -0.2) is 15.0 Å². The Balaban J connectivity index is 1.64. The van der Waals surface area contributed by atoms with E-state index in [1.165, 1.54) is 31.4 Å². The highest BCUT2D eigenvalue weighted by Gasteiger charge is 2.28. The van der Waals surface area contributed by atoms with Gasteiger partial charge in [-0.3, -0.25) is 4.98 Å². The predicted octanol–water partition coefficient (Wildman–Crippen LogP) is 4.12. The van der Waals surface area contributed by atoms with Crippen LogP contribution in [0.25, 0.3) is 11.2 Å². The Morgan fingerprint density at radius 2 is 1.78 bits per heavy atom. The summed E-state index contributed by atoms with van der Waals surface area (Å²) >= 11 is 0. The Kier molecular flexibility index (Phi) is 3.61. The first kappa shape index (κ1) is 14.1. The molecule has 1 aromatic carbocycles. The smallest absolute Gasteiger partial charge is 0.180 e. The van der Waals surface area contributed by atoms with E-state index in [2.05, 4.69) is 20.3 Å². The van der Waals surface area contributed by atoms with Crippen molar-refractivity contribution in [1.29, 1.82) is 0 Å². The number of pyridine rings is 1. The van der Waals surface area contributed by atoms with Crippen molar-refractivity contribution in [1.82, 2.24) is 15.0 Å². The average Bonchev–Trinajstić information content (AvgIpc) is 2.53. The fourth-order valence-corrected chi connectivity index (χ4v) is 3.01. The highest BCUT2D eigenvalue weighted by atomic mass is 19.1. The normalized spacial score (nSPS) is 16.0. The molecule has 0 unspecified atom stereocenters. The van der Waals surface area contributed by atoms with E-state index in [0.717, 1.165) is 16.9 Å². The number of benzene rings is 1. The van der Waals surface area contributed by atoms with Crippen molar-refractivity contribution in [2.45, 2.75) is 25.3 Å². The molecule has 0 aliphatic heterocycles. The van der Waals surface area contributed by atoms with E-state index in [4.69, 9.17) is 0 Å². The number of rotatable bonds is 4. The van der Waals surface area contributed by atoms with Crippen LogP contribution in [0.15, 0.2) is 48.8 Å². The summed E-state index contributed by atoms with van der Waals surface area (Å²) in [4.78, 5) is 13.0. The van der Waals surface area contributed by atoms with Crippen molar-refractivity contribution in [2.75, 3.05) is 5.32 Å². The molecule has 1 saturated carbocycles. The standard InChI is InChI=1S/C18H17FN4/c19-14-6-4-13(5-7-14)17(12-2-1-3-12)22-16-9-8-15-18(23-16)21-11-10-20-15/h4-12,17H,1-3H2,(H,21,22,23)/t17-/m0/s1. The van der Waals surface area contributed by atoms with Crippen LogP contribution in [0.1, 0.15) is 30.9 Å². The fraction of sp³-hybridized carbons (Fsp3) is 0.278. The molecule has 4 rings (SSSR count). The van der Waals surface area contributed by atoms with Crippen LogP contribution in [0.3, 0.4) is 0 Å². The van der Waals surface area contributed by atoms with Crippen LogP contribution in [0.2, 0.25) is 0 Å². The van der Waals surface area contributed by atoms with Gasteiger partial charge in [0.15, 0.2) is 5.65 Å². The summed E-state index contributed by atoms with van der Waals surface area (Å²) in [5, 5.41) is 3.51. The number of anilines is 1. The largest absolute Gasteiger partial charge is 0.363 e. The lowest BCUT2D eigenvalue weighted by atomic mass is 9.77. The van der Waals surface area contributed by atoms with Crippen molar-refractivity contribution in [3.05, 3.63) is 60.2 Å². The number of fused-ring (bicyclic) bond motifs is 1. The van der Waals surface area contributed by atoms with Crippen molar-refractivity contribution < 1.29 is 4.39 Å². The molecule has 1 atom stereocenters. The second-order valence-corrected chi connectivity index (χ2v) is 5.96. The van der Waals surface area contributed by atoms with Crippen LogP contribution in [-0.2, 0) is 0 Å². The van der Waals surface area contributed by atoms with Crippen molar-refractivity contribution in [3.8, 4) is 0 Å². The summed E-state index contributed by atoms with van der Waals surface area (Å²) < 4.78 is 13.2. The van der Waals surface area contributed by atoms with Crippen molar-refractivity contribution in [3.63, 3.8) is 0 Å². The zero-order chi connectivity index (χ0) is 15.6. The van der Waals surface area contributed by atoms with Gasteiger partial charge in [-0.25, -0.2) is 14.4 Å². The third-order valence-electron chi connectivity index (χ3n) is 4.49. The summed E-state index contributed by atoms with van der Waals surface area (Å²) in [6.45, 7) is 0. The van der Waals surface area contributed by atoms with Crippen LogP contribution in [0.4, 0.5) is 10.2 Å². The molecule has 1 N–H and O–H groups in total. The Labute approximate surface area is 133 Å². The van der Waals surface area contributed by atoms with Gasteiger partial charge < -0.3 is 5.32 Å². The lowest BCUT2D eigenvalue weighted by molar-refractivity contribution is 0.276. The van der Waals surface area contributed by atoms with Crippen LogP contribution >= 0.6 is 0 Å². The fourth-order valence-electron chi connectivity index (χ4n) is 3.01. The molecule has 0 radical (unpaired) electrons. The number of hydrogen-bond donors (Lipinski definition) is 1. The van der Waals surface area contributed by atoms with E-state index in [1.54, 1.807) is 12.4 Å². The van der Waals surface area contributed by atoms with Crippen LogP contribution < -0.4 is 5.32 Å². The molecule has 1 aliphatic rings. The quantitative estimate of drug-likeness (QED) is 0.788. The number of aromatic nitrogens is 3. The molecule has 1 aliphatic carbocycles. The molecule has 116 valence electrons. The minimum absolute atomic E-state index is 0.144. The van der Waals surface area contributed by atoms with E-state index >= 15 is 0 Å². The molecule has 23 heavy (non-hydrogen) atoms. The SMILES string of the molecule is Fc1ccc([C@@H](Nc2ccc3nccnc3n2)C2CCC2)cc1. The first-order valence-corrected chi connectivity index (χ1v) is 7.89. The van der Waals surface area contributed by atoms with Gasteiger partial charge in [0, 0.05) is 12.4 Å². The van der Waals surface area contributed by atoms with Gasteiger partial charge in [-0.1, -0.05) is 18.6 Å². The first-order chi connectivity index (χ1) is 11.3. The first-order valence-electron chi connectivity index (χ1n) is 7.89. The van der Waals surface area contributed by atoms with Crippen LogP contribution in [0, 0.1) is 11.7 Å². The van der Waals surface area contributed by atoms with E-state index in [-0.39, 0.29) is 11.9 Å². The molecule has 2 aromatic heterocycles. The molecule has 0 spiro atoms. The third kappa shape index (κ3) is 2.86. The van der Waals surface area contributed by atoms with E-state index in [9.17, 15) is 4.39 Å². The summed E-state index contributed by atoms with van der Waals surface area (Å²) in [5.41, 5.74) is 2.50. The zero-order valence-electron chi connectivity index (χ0n) is 12.6. The van der Waals surface area contributed by atoms with Crippen molar-refractivity contribution in [2.24, 2.45) is 5.92 Å².